The fraction of sp³-hybridized carbons (Fsp3) is 0.438. The lowest BCUT2D eigenvalue weighted by Crippen LogP contribution is -2.24. The number of carbonyl (C=O) groups excluding carboxylic acids is 1. The van der Waals surface area contributed by atoms with Gasteiger partial charge in [0.05, 0.1) is 0 Å². The number of aromatic hydroxyl groups is 1. The molecule has 0 fully saturated rings. The molecule has 0 saturated carbocycles. The van der Waals surface area contributed by atoms with Crippen molar-refractivity contribution >= 4 is 12.0 Å². The second-order valence-corrected chi connectivity index (χ2v) is 5.51. The smallest absolute Gasteiger partial charge is 0.334 e. The van der Waals surface area contributed by atoms with E-state index in [9.17, 15) is 9.90 Å². The van der Waals surface area contributed by atoms with E-state index < -0.39 is 5.60 Å². The van der Waals surface area contributed by atoms with Crippen molar-refractivity contribution in [2.75, 3.05) is 0 Å². The van der Waals surface area contributed by atoms with Crippen LogP contribution in [-0.4, -0.2) is 16.7 Å². The zero-order valence-electron chi connectivity index (χ0n) is 12.1. The van der Waals surface area contributed by atoms with Gasteiger partial charge in [0, 0.05) is 5.57 Å². The minimum Gasteiger partial charge on any atom is -0.508 e. The molecular weight excluding hydrogens is 240 g/mol. The number of hydrogen-bond donors (Lipinski definition) is 1. The van der Waals surface area contributed by atoms with Gasteiger partial charge in [0.1, 0.15) is 11.4 Å². The fourth-order valence-electron chi connectivity index (χ4n) is 1.62. The van der Waals surface area contributed by atoms with Crippen LogP contribution in [0.15, 0.2) is 29.8 Å². The van der Waals surface area contributed by atoms with Crippen molar-refractivity contribution in [1.29, 1.82) is 0 Å². The van der Waals surface area contributed by atoms with E-state index >= 15 is 0 Å². The highest BCUT2D eigenvalue weighted by Crippen LogP contribution is 2.19. The van der Waals surface area contributed by atoms with Crippen LogP contribution in [0.4, 0.5) is 0 Å². The third-order valence-electron chi connectivity index (χ3n) is 2.41. The van der Waals surface area contributed by atoms with Crippen LogP contribution in [0.1, 0.15) is 46.1 Å². The minimum atomic E-state index is -0.487. The minimum absolute atomic E-state index is 0.214. The van der Waals surface area contributed by atoms with Crippen molar-refractivity contribution in [3.8, 4) is 5.75 Å². The Hall–Kier alpha value is -1.77. The summed E-state index contributed by atoms with van der Waals surface area (Å²) in [6.07, 6.45) is 3.37. The molecule has 1 N–H and O–H groups in total. The van der Waals surface area contributed by atoms with E-state index in [4.69, 9.17) is 4.74 Å². The summed E-state index contributed by atoms with van der Waals surface area (Å²) in [6.45, 7) is 7.59. The van der Waals surface area contributed by atoms with Gasteiger partial charge in [0.25, 0.3) is 0 Å². The zero-order chi connectivity index (χ0) is 14.5. The summed E-state index contributed by atoms with van der Waals surface area (Å²) in [5, 5.41) is 9.24. The Balaban J connectivity index is 2.93. The lowest BCUT2D eigenvalue weighted by molar-refractivity contribution is -0.149. The van der Waals surface area contributed by atoms with Crippen molar-refractivity contribution in [2.45, 2.75) is 46.1 Å². The van der Waals surface area contributed by atoms with Gasteiger partial charge in [-0.1, -0.05) is 25.5 Å². The molecule has 0 unspecified atom stereocenters. The summed E-state index contributed by atoms with van der Waals surface area (Å²) in [4.78, 5) is 12.1. The molecule has 1 aromatic carbocycles. The lowest BCUT2D eigenvalue weighted by Gasteiger charge is -2.20. The summed E-state index contributed by atoms with van der Waals surface area (Å²) in [5.41, 5.74) is 1.05. The SMILES string of the molecule is CCCC(=Cc1ccc(O)cc1)C(=O)OC(C)(C)C. The number of hydrogen-bond acceptors (Lipinski definition) is 3. The van der Waals surface area contributed by atoms with Gasteiger partial charge in [-0.15, -0.1) is 0 Å². The first kappa shape index (κ1) is 15.3. The average molecular weight is 262 g/mol. The molecule has 104 valence electrons. The Morgan fingerprint density at radius 1 is 1.26 bits per heavy atom. The van der Waals surface area contributed by atoms with Gasteiger partial charge in [-0.25, -0.2) is 4.79 Å². The zero-order valence-corrected chi connectivity index (χ0v) is 12.1. The van der Waals surface area contributed by atoms with E-state index in [2.05, 4.69) is 0 Å². The van der Waals surface area contributed by atoms with Crippen LogP contribution >= 0.6 is 0 Å². The van der Waals surface area contributed by atoms with Crippen molar-refractivity contribution in [3.63, 3.8) is 0 Å². The lowest BCUT2D eigenvalue weighted by atomic mass is 10.1. The van der Waals surface area contributed by atoms with Gasteiger partial charge in [-0.2, -0.15) is 0 Å². The fourth-order valence-corrected chi connectivity index (χ4v) is 1.62. The van der Waals surface area contributed by atoms with Gasteiger partial charge in [-0.3, -0.25) is 0 Å². The van der Waals surface area contributed by atoms with E-state index in [0.29, 0.717) is 12.0 Å². The predicted molar refractivity (Wildman–Crippen MR) is 76.8 cm³/mol. The largest absolute Gasteiger partial charge is 0.508 e. The number of phenolic OH excluding ortho intramolecular Hbond substituents is 1. The first-order valence-corrected chi connectivity index (χ1v) is 6.55. The molecule has 1 rings (SSSR count). The van der Waals surface area contributed by atoms with Gasteiger partial charge in [-0.05, 0) is 51.0 Å². The maximum absolute atomic E-state index is 12.1. The highest BCUT2D eigenvalue weighted by atomic mass is 16.6. The van der Waals surface area contributed by atoms with Crippen molar-refractivity contribution < 1.29 is 14.6 Å². The maximum Gasteiger partial charge on any atom is 0.334 e. The molecule has 0 bridgehead atoms. The molecule has 3 heteroatoms. The molecular formula is C16H22O3. The average Bonchev–Trinajstić information content (AvgIpc) is 2.29. The molecule has 0 atom stereocenters. The Morgan fingerprint density at radius 2 is 1.84 bits per heavy atom. The number of rotatable bonds is 4. The Bertz CT molecular complexity index is 450. The van der Waals surface area contributed by atoms with Gasteiger partial charge >= 0.3 is 5.97 Å². The topological polar surface area (TPSA) is 46.5 Å². The summed E-state index contributed by atoms with van der Waals surface area (Å²) in [7, 11) is 0. The number of benzene rings is 1. The molecule has 0 amide bonds. The van der Waals surface area contributed by atoms with E-state index in [0.717, 1.165) is 12.0 Å². The first-order valence-electron chi connectivity index (χ1n) is 6.55. The molecule has 1 aromatic rings. The van der Waals surface area contributed by atoms with Crippen LogP contribution in [0, 0.1) is 0 Å². The Kier molecular flexibility index (Phi) is 5.16. The van der Waals surface area contributed by atoms with Crippen LogP contribution in [-0.2, 0) is 9.53 Å². The highest BCUT2D eigenvalue weighted by molar-refractivity contribution is 5.93. The summed E-state index contributed by atoms with van der Waals surface area (Å²) in [5.74, 6) is -0.0612. The molecule has 19 heavy (non-hydrogen) atoms. The van der Waals surface area contributed by atoms with Crippen LogP contribution in [0.2, 0.25) is 0 Å². The second-order valence-electron chi connectivity index (χ2n) is 5.51. The van der Waals surface area contributed by atoms with Crippen molar-refractivity contribution in [1.82, 2.24) is 0 Å². The predicted octanol–water partition coefficient (Wildman–Crippen LogP) is 3.92. The normalized spacial score (nSPS) is 12.3. The van der Waals surface area contributed by atoms with Crippen LogP contribution in [0.3, 0.4) is 0 Å². The van der Waals surface area contributed by atoms with Crippen molar-refractivity contribution in [2.24, 2.45) is 0 Å². The molecule has 0 aliphatic heterocycles. The molecule has 3 nitrogen and oxygen atoms in total. The van der Waals surface area contributed by atoms with Crippen molar-refractivity contribution in [3.05, 3.63) is 35.4 Å². The standard InChI is InChI=1S/C16H22O3/c1-5-6-13(15(18)19-16(2,3)4)11-12-7-9-14(17)10-8-12/h7-11,17H,5-6H2,1-4H3. The monoisotopic (exact) mass is 262 g/mol. The molecule has 0 aliphatic rings. The van der Waals surface area contributed by atoms with Crippen LogP contribution < -0.4 is 0 Å². The third kappa shape index (κ3) is 5.60. The molecule has 0 aliphatic carbocycles. The van der Waals surface area contributed by atoms with Gasteiger partial charge < -0.3 is 9.84 Å². The van der Waals surface area contributed by atoms with Crippen LogP contribution in [0.5, 0.6) is 5.75 Å². The van der Waals surface area contributed by atoms with E-state index in [-0.39, 0.29) is 11.7 Å². The third-order valence-corrected chi connectivity index (χ3v) is 2.41. The number of phenols is 1. The summed E-state index contributed by atoms with van der Waals surface area (Å²) < 4.78 is 5.39. The first-order chi connectivity index (χ1) is 8.81. The van der Waals surface area contributed by atoms with Gasteiger partial charge in [0.15, 0.2) is 0 Å². The summed E-state index contributed by atoms with van der Waals surface area (Å²) >= 11 is 0. The van der Waals surface area contributed by atoms with E-state index in [1.54, 1.807) is 24.3 Å². The Labute approximate surface area is 114 Å². The number of ether oxygens (including phenoxy) is 1. The summed E-state index contributed by atoms with van der Waals surface area (Å²) in [6, 6.07) is 6.75. The molecule has 0 spiro atoms. The Morgan fingerprint density at radius 3 is 2.32 bits per heavy atom. The quantitative estimate of drug-likeness (QED) is 0.661. The molecule has 0 saturated heterocycles. The number of esters is 1. The maximum atomic E-state index is 12.1. The second kappa shape index (κ2) is 6.41. The van der Waals surface area contributed by atoms with E-state index in [1.165, 1.54) is 0 Å². The van der Waals surface area contributed by atoms with E-state index in [1.807, 2.05) is 33.8 Å². The van der Waals surface area contributed by atoms with Gasteiger partial charge in [0.2, 0.25) is 0 Å². The highest BCUT2D eigenvalue weighted by Gasteiger charge is 2.19. The molecule has 0 radical (unpaired) electrons. The number of carbonyl (C=O) groups is 1. The molecule has 0 aromatic heterocycles. The van der Waals surface area contributed by atoms with Crippen LogP contribution in [0.25, 0.3) is 6.08 Å². The molecule has 0 heterocycles.